The topological polar surface area (TPSA) is 77.0 Å². The molecule has 4 aromatic carbocycles. The zero-order valence-corrected chi connectivity index (χ0v) is 23.3. The Labute approximate surface area is 235 Å². The molecule has 40 heavy (non-hydrogen) atoms. The number of fused-ring (bicyclic) bond motifs is 1. The molecule has 0 radical (unpaired) electrons. The second-order valence-corrected chi connectivity index (χ2v) is 11.1. The van der Waals surface area contributed by atoms with Crippen molar-refractivity contribution in [2.75, 3.05) is 6.61 Å². The fourth-order valence-corrected chi connectivity index (χ4v) is 4.85. The summed E-state index contributed by atoms with van der Waals surface area (Å²) in [6.07, 6.45) is 2.38. The summed E-state index contributed by atoms with van der Waals surface area (Å²) in [7, 11) is 0. The Morgan fingerprint density at radius 2 is 1.70 bits per heavy atom. The van der Waals surface area contributed by atoms with Crippen LogP contribution in [0.2, 0.25) is 0 Å². The van der Waals surface area contributed by atoms with Gasteiger partial charge in [-0.05, 0) is 76.4 Å². The van der Waals surface area contributed by atoms with Crippen molar-refractivity contribution in [1.29, 1.82) is 0 Å². The molecule has 1 aliphatic rings. The van der Waals surface area contributed by atoms with E-state index in [1.54, 1.807) is 30.5 Å². The van der Waals surface area contributed by atoms with Crippen LogP contribution in [0, 0.1) is 5.92 Å². The quantitative estimate of drug-likeness (QED) is 0.114. The van der Waals surface area contributed by atoms with Crippen LogP contribution in [-0.4, -0.2) is 24.7 Å². The van der Waals surface area contributed by atoms with Crippen LogP contribution in [0.3, 0.4) is 0 Å². The lowest BCUT2D eigenvalue weighted by molar-refractivity contribution is -0.122. The van der Waals surface area contributed by atoms with Crippen molar-refractivity contribution < 1.29 is 19.1 Å². The monoisotopic (exact) mass is 534 g/mol. The predicted octanol–water partition coefficient (Wildman–Crippen LogP) is 7.01. The molecule has 6 nitrogen and oxygen atoms in total. The molecular weight excluding hydrogens is 500 g/mol. The van der Waals surface area contributed by atoms with E-state index >= 15 is 0 Å². The summed E-state index contributed by atoms with van der Waals surface area (Å²) in [6, 6.07) is 27.0. The van der Waals surface area contributed by atoms with E-state index in [9.17, 15) is 9.59 Å². The number of carbonyl (C=O) groups excluding carboxylic acids is 2. The minimum Gasteiger partial charge on any atom is -0.490 e. The maximum atomic E-state index is 13.0. The normalized spacial score (nSPS) is 16.6. The molecule has 0 heterocycles. The average Bonchev–Trinajstić information content (AvgIpc) is 3.75. The van der Waals surface area contributed by atoms with Crippen LogP contribution in [0.4, 0.5) is 0 Å². The number of esters is 1. The number of hydrogen-bond acceptors (Lipinski definition) is 5. The number of benzene rings is 4. The number of carbonyl (C=O) groups is 2. The molecule has 6 heteroatoms. The summed E-state index contributed by atoms with van der Waals surface area (Å²) in [6.45, 7) is 8.83. The Balaban J connectivity index is 1.22. The van der Waals surface area contributed by atoms with Gasteiger partial charge in [-0.2, -0.15) is 5.10 Å². The highest BCUT2D eigenvalue weighted by atomic mass is 16.6. The lowest BCUT2D eigenvalue weighted by Crippen LogP contribution is -2.20. The summed E-state index contributed by atoms with van der Waals surface area (Å²) < 4.78 is 11.5. The van der Waals surface area contributed by atoms with E-state index in [4.69, 9.17) is 9.47 Å². The molecule has 0 aliphatic heterocycles. The third-order valence-corrected chi connectivity index (χ3v) is 7.20. The van der Waals surface area contributed by atoms with Crippen molar-refractivity contribution in [1.82, 2.24) is 5.43 Å². The summed E-state index contributed by atoms with van der Waals surface area (Å²) in [5.41, 5.74) is 6.43. The highest BCUT2D eigenvalue weighted by molar-refractivity contribution is 6.05. The summed E-state index contributed by atoms with van der Waals surface area (Å²) in [5.74, 6) is 0.342. The molecule has 4 aromatic rings. The number of hydrazone groups is 1. The van der Waals surface area contributed by atoms with Gasteiger partial charge in [-0.15, -0.1) is 0 Å². The minimum absolute atomic E-state index is 0.0764. The van der Waals surface area contributed by atoms with Gasteiger partial charge in [0.25, 0.3) is 0 Å². The number of hydrogen-bond donors (Lipinski definition) is 1. The third kappa shape index (κ3) is 6.07. The lowest BCUT2D eigenvalue weighted by atomic mass is 9.86. The van der Waals surface area contributed by atoms with Crippen molar-refractivity contribution in [2.24, 2.45) is 11.0 Å². The van der Waals surface area contributed by atoms with Crippen LogP contribution in [0.5, 0.6) is 11.5 Å². The number of nitrogens with zero attached hydrogens (tertiary/aromatic N) is 1. The van der Waals surface area contributed by atoms with E-state index in [2.05, 4.69) is 55.6 Å². The highest BCUT2D eigenvalue weighted by Gasteiger charge is 2.44. The van der Waals surface area contributed by atoms with Gasteiger partial charge in [-0.3, -0.25) is 4.79 Å². The van der Waals surface area contributed by atoms with Crippen molar-refractivity contribution in [3.05, 3.63) is 107 Å². The molecular formula is C34H34N2O4. The van der Waals surface area contributed by atoms with Gasteiger partial charge in [0, 0.05) is 5.92 Å². The van der Waals surface area contributed by atoms with Crippen LogP contribution in [0.15, 0.2) is 90.0 Å². The van der Waals surface area contributed by atoms with E-state index in [0.717, 1.165) is 17.2 Å². The largest absolute Gasteiger partial charge is 0.490 e. The van der Waals surface area contributed by atoms with Crippen LogP contribution in [0.1, 0.15) is 67.1 Å². The summed E-state index contributed by atoms with van der Waals surface area (Å²) >= 11 is 0. The molecule has 1 N–H and O–H groups in total. The van der Waals surface area contributed by atoms with Gasteiger partial charge in [0.2, 0.25) is 5.91 Å². The first-order chi connectivity index (χ1) is 19.2. The molecule has 204 valence electrons. The first-order valence-corrected chi connectivity index (χ1v) is 13.6. The van der Waals surface area contributed by atoms with Gasteiger partial charge in [-0.1, -0.05) is 81.4 Å². The Morgan fingerprint density at radius 1 is 0.950 bits per heavy atom. The fraction of sp³-hybridized carbons (Fsp3) is 0.265. The molecule has 1 amide bonds. The molecule has 0 unspecified atom stereocenters. The molecule has 0 bridgehead atoms. The maximum Gasteiger partial charge on any atom is 0.344 e. The molecule has 1 aliphatic carbocycles. The highest BCUT2D eigenvalue weighted by Crippen LogP contribution is 2.47. The molecule has 2 atom stereocenters. The maximum absolute atomic E-state index is 13.0. The van der Waals surface area contributed by atoms with Gasteiger partial charge in [0.1, 0.15) is 0 Å². The van der Waals surface area contributed by atoms with Crippen LogP contribution < -0.4 is 14.9 Å². The zero-order chi connectivity index (χ0) is 28.3. The Hall–Kier alpha value is -4.45. The van der Waals surface area contributed by atoms with Gasteiger partial charge in [0.05, 0.1) is 18.4 Å². The van der Waals surface area contributed by atoms with Crippen molar-refractivity contribution in [3.8, 4) is 11.5 Å². The van der Waals surface area contributed by atoms with E-state index in [-0.39, 0.29) is 23.2 Å². The second-order valence-electron chi connectivity index (χ2n) is 11.1. The number of nitrogens with one attached hydrogen (secondary N) is 1. The number of rotatable bonds is 8. The Morgan fingerprint density at radius 3 is 2.45 bits per heavy atom. The summed E-state index contributed by atoms with van der Waals surface area (Å²) in [4.78, 5) is 25.7. The van der Waals surface area contributed by atoms with E-state index in [1.807, 2.05) is 43.3 Å². The van der Waals surface area contributed by atoms with Crippen LogP contribution in [-0.2, 0) is 10.2 Å². The lowest BCUT2D eigenvalue weighted by Gasteiger charge is -2.19. The molecule has 0 aromatic heterocycles. The molecule has 1 fully saturated rings. The molecule has 5 rings (SSSR count). The van der Waals surface area contributed by atoms with Crippen molar-refractivity contribution in [3.63, 3.8) is 0 Å². The van der Waals surface area contributed by atoms with Gasteiger partial charge in [-0.25, -0.2) is 10.2 Å². The SMILES string of the molecule is CCOc1cc(/C=N/NC(=O)[C@H]2C[C@@H]2c2ccc(C(C)(C)C)cc2)ccc1OC(=O)c1cccc2ccccc12. The molecule has 1 saturated carbocycles. The second kappa shape index (κ2) is 11.3. The van der Waals surface area contributed by atoms with Crippen molar-refractivity contribution in [2.45, 2.75) is 45.4 Å². The van der Waals surface area contributed by atoms with Crippen molar-refractivity contribution >= 4 is 28.9 Å². The van der Waals surface area contributed by atoms with Gasteiger partial charge >= 0.3 is 5.97 Å². The minimum atomic E-state index is -0.460. The van der Waals surface area contributed by atoms with Gasteiger partial charge < -0.3 is 9.47 Å². The molecule has 0 saturated heterocycles. The van der Waals surface area contributed by atoms with E-state index < -0.39 is 5.97 Å². The van der Waals surface area contributed by atoms with E-state index in [0.29, 0.717) is 29.2 Å². The Bertz CT molecular complexity index is 1560. The van der Waals surface area contributed by atoms with Crippen LogP contribution in [0.25, 0.3) is 10.8 Å². The Kier molecular flexibility index (Phi) is 7.69. The van der Waals surface area contributed by atoms with E-state index in [1.165, 1.54) is 11.1 Å². The molecule has 0 spiro atoms. The predicted molar refractivity (Wildman–Crippen MR) is 158 cm³/mol. The smallest absolute Gasteiger partial charge is 0.344 e. The number of ether oxygens (including phenoxy) is 2. The fourth-order valence-electron chi connectivity index (χ4n) is 4.85. The van der Waals surface area contributed by atoms with Gasteiger partial charge in [0.15, 0.2) is 11.5 Å². The third-order valence-electron chi connectivity index (χ3n) is 7.20. The first-order valence-electron chi connectivity index (χ1n) is 13.6. The summed E-state index contributed by atoms with van der Waals surface area (Å²) in [5, 5.41) is 5.95. The number of amides is 1. The standard InChI is InChI=1S/C34H34N2O4/c1-5-39-31-19-22(13-18-30(31)40-33(38)27-12-8-10-23-9-6-7-11-26(23)27)21-35-36-32(37)29-20-28(29)24-14-16-25(17-15-24)34(2,3)4/h6-19,21,28-29H,5,20H2,1-4H3,(H,36,37)/b35-21+/t28-,29+/m1/s1. The average molecular weight is 535 g/mol. The zero-order valence-electron chi connectivity index (χ0n) is 23.3. The first kappa shape index (κ1) is 27.1. The van der Waals surface area contributed by atoms with Crippen LogP contribution >= 0.6 is 0 Å².